The van der Waals surface area contributed by atoms with Gasteiger partial charge in [0.1, 0.15) is 11.6 Å². The van der Waals surface area contributed by atoms with Gasteiger partial charge < -0.3 is 20.5 Å². The molecule has 0 heterocycles. The van der Waals surface area contributed by atoms with Gasteiger partial charge in [0.15, 0.2) is 0 Å². The second-order valence-corrected chi connectivity index (χ2v) is 6.33. The molecule has 0 radical (unpaired) electrons. The lowest BCUT2D eigenvalue weighted by atomic mass is 9.87. The molecule has 0 spiro atoms. The molecule has 1 aromatic carbocycles. The van der Waals surface area contributed by atoms with Gasteiger partial charge in [-0.15, -0.1) is 0 Å². The molecule has 5 nitrogen and oxygen atoms in total. The van der Waals surface area contributed by atoms with Crippen molar-refractivity contribution >= 4 is 11.7 Å². The minimum absolute atomic E-state index is 0.0761. The number of urea groups is 1. The Bertz CT molecular complexity index is 537. The van der Waals surface area contributed by atoms with Crippen molar-refractivity contribution in [2.24, 2.45) is 5.92 Å². The molecule has 1 aliphatic rings. The zero-order chi connectivity index (χ0) is 16.8. The Labute approximate surface area is 136 Å². The lowest BCUT2D eigenvalue weighted by Crippen LogP contribution is -2.35. The van der Waals surface area contributed by atoms with E-state index in [9.17, 15) is 14.3 Å². The third kappa shape index (κ3) is 5.71. The number of carbonyl (C=O) groups excluding carboxylic acids is 1. The van der Waals surface area contributed by atoms with Crippen LogP contribution in [0.5, 0.6) is 5.75 Å². The zero-order valence-corrected chi connectivity index (χ0v) is 13.6. The van der Waals surface area contributed by atoms with Crippen molar-refractivity contribution < 1.29 is 19.0 Å². The Morgan fingerprint density at radius 2 is 2.22 bits per heavy atom. The molecule has 2 unspecified atom stereocenters. The molecule has 2 atom stereocenters. The number of carbonyl (C=O) groups is 1. The van der Waals surface area contributed by atoms with E-state index in [-0.39, 0.29) is 18.1 Å². The molecule has 2 amide bonds. The summed E-state index contributed by atoms with van der Waals surface area (Å²) in [6.45, 7) is 4.22. The van der Waals surface area contributed by atoms with Crippen LogP contribution in [-0.2, 0) is 0 Å². The number of hydrogen-bond donors (Lipinski definition) is 3. The first-order chi connectivity index (χ1) is 10.9. The van der Waals surface area contributed by atoms with Crippen molar-refractivity contribution in [1.29, 1.82) is 0 Å². The smallest absolute Gasteiger partial charge is 0.319 e. The predicted octanol–water partition coefficient (Wildman–Crippen LogP) is 3.29. The topological polar surface area (TPSA) is 70.6 Å². The number of ether oxygens (including phenoxy) is 1. The lowest BCUT2D eigenvalue weighted by Gasteiger charge is -2.26. The number of halogens is 1. The van der Waals surface area contributed by atoms with Crippen LogP contribution in [0.3, 0.4) is 0 Å². The van der Waals surface area contributed by atoms with Crippen LogP contribution < -0.4 is 15.4 Å². The molecule has 128 valence electrons. The molecule has 0 saturated heterocycles. The van der Waals surface area contributed by atoms with E-state index in [1.807, 2.05) is 13.8 Å². The average molecular weight is 324 g/mol. The van der Waals surface area contributed by atoms with Gasteiger partial charge in [-0.05, 0) is 51.2 Å². The number of benzene rings is 1. The second kappa shape index (κ2) is 8.15. The van der Waals surface area contributed by atoms with Gasteiger partial charge in [0, 0.05) is 12.6 Å². The first-order valence-corrected chi connectivity index (χ1v) is 8.13. The van der Waals surface area contributed by atoms with E-state index in [4.69, 9.17) is 4.74 Å². The molecule has 2 rings (SSSR count). The molecule has 3 N–H and O–H groups in total. The molecular weight excluding hydrogens is 299 g/mol. The van der Waals surface area contributed by atoms with Crippen LogP contribution in [0, 0.1) is 11.7 Å². The van der Waals surface area contributed by atoms with Crippen LogP contribution in [0.4, 0.5) is 14.9 Å². The first-order valence-electron chi connectivity index (χ1n) is 8.13. The van der Waals surface area contributed by atoms with E-state index in [0.717, 1.165) is 19.3 Å². The van der Waals surface area contributed by atoms with Gasteiger partial charge in [-0.1, -0.05) is 6.42 Å². The highest BCUT2D eigenvalue weighted by Crippen LogP contribution is 2.27. The van der Waals surface area contributed by atoms with E-state index >= 15 is 0 Å². The minimum atomic E-state index is -0.438. The van der Waals surface area contributed by atoms with Gasteiger partial charge in [-0.25, -0.2) is 9.18 Å². The van der Waals surface area contributed by atoms with E-state index in [0.29, 0.717) is 24.4 Å². The Morgan fingerprint density at radius 1 is 1.43 bits per heavy atom. The fraction of sp³-hybridized carbons (Fsp3) is 0.588. The van der Waals surface area contributed by atoms with Crippen molar-refractivity contribution in [2.75, 3.05) is 11.9 Å². The summed E-state index contributed by atoms with van der Waals surface area (Å²) < 4.78 is 19.0. The SMILES string of the molecule is CC(C)Oc1ccc(F)cc1NC(=O)NCC1CCCC(O)C1. The summed E-state index contributed by atoms with van der Waals surface area (Å²) in [6.07, 6.45) is 3.18. The quantitative estimate of drug-likeness (QED) is 0.778. The number of aliphatic hydroxyl groups excluding tert-OH is 1. The number of hydrogen-bond acceptors (Lipinski definition) is 3. The number of nitrogens with one attached hydrogen (secondary N) is 2. The molecule has 0 bridgehead atoms. The highest BCUT2D eigenvalue weighted by Gasteiger charge is 2.20. The Balaban J connectivity index is 1.90. The summed E-state index contributed by atoms with van der Waals surface area (Å²) in [4.78, 5) is 12.0. The highest BCUT2D eigenvalue weighted by molar-refractivity contribution is 5.90. The third-order valence-corrected chi connectivity index (χ3v) is 3.86. The standard InChI is InChI=1S/C17H25FN2O3/c1-11(2)23-16-7-6-13(18)9-15(16)20-17(22)19-10-12-4-3-5-14(21)8-12/h6-7,9,11-12,14,21H,3-5,8,10H2,1-2H3,(H2,19,20,22). The summed E-state index contributed by atoms with van der Waals surface area (Å²) in [5, 5.41) is 15.1. The summed E-state index contributed by atoms with van der Waals surface area (Å²) in [7, 11) is 0. The number of anilines is 1. The van der Waals surface area contributed by atoms with Gasteiger partial charge in [-0.3, -0.25) is 0 Å². The maximum absolute atomic E-state index is 13.4. The van der Waals surface area contributed by atoms with Gasteiger partial charge >= 0.3 is 6.03 Å². The fourth-order valence-electron chi connectivity index (χ4n) is 2.81. The molecular formula is C17H25FN2O3. The van der Waals surface area contributed by atoms with E-state index in [1.165, 1.54) is 18.2 Å². The maximum Gasteiger partial charge on any atom is 0.319 e. The number of rotatable bonds is 5. The third-order valence-electron chi connectivity index (χ3n) is 3.86. The largest absolute Gasteiger partial charge is 0.489 e. The van der Waals surface area contributed by atoms with Crippen LogP contribution >= 0.6 is 0 Å². The molecule has 1 aromatic rings. The van der Waals surface area contributed by atoms with E-state index < -0.39 is 11.8 Å². The molecule has 0 aromatic heterocycles. The van der Waals surface area contributed by atoms with Crippen molar-refractivity contribution in [3.8, 4) is 5.75 Å². The van der Waals surface area contributed by atoms with Crippen molar-refractivity contribution in [3.63, 3.8) is 0 Å². The molecule has 1 fully saturated rings. The molecule has 23 heavy (non-hydrogen) atoms. The average Bonchev–Trinajstić information content (AvgIpc) is 2.48. The first kappa shape index (κ1) is 17.5. The summed E-state index contributed by atoms with van der Waals surface area (Å²) >= 11 is 0. The molecule has 0 aliphatic heterocycles. The van der Waals surface area contributed by atoms with Crippen molar-refractivity contribution in [2.45, 2.75) is 51.7 Å². The van der Waals surface area contributed by atoms with Crippen LogP contribution in [0.15, 0.2) is 18.2 Å². The molecule has 1 aliphatic carbocycles. The monoisotopic (exact) mass is 324 g/mol. The van der Waals surface area contributed by atoms with Gasteiger partial charge in [-0.2, -0.15) is 0 Å². The van der Waals surface area contributed by atoms with E-state index in [2.05, 4.69) is 10.6 Å². The van der Waals surface area contributed by atoms with Crippen LogP contribution in [0.25, 0.3) is 0 Å². The minimum Gasteiger partial charge on any atom is -0.489 e. The Kier molecular flexibility index (Phi) is 6.21. The van der Waals surface area contributed by atoms with Gasteiger partial charge in [0.05, 0.1) is 17.9 Å². The molecule has 6 heteroatoms. The van der Waals surface area contributed by atoms with Crippen LogP contribution in [-0.4, -0.2) is 29.9 Å². The Morgan fingerprint density at radius 3 is 2.91 bits per heavy atom. The maximum atomic E-state index is 13.4. The van der Waals surface area contributed by atoms with Gasteiger partial charge in [0.2, 0.25) is 0 Å². The zero-order valence-electron chi connectivity index (χ0n) is 13.6. The second-order valence-electron chi connectivity index (χ2n) is 6.33. The fourth-order valence-corrected chi connectivity index (χ4v) is 2.81. The van der Waals surface area contributed by atoms with Crippen LogP contribution in [0.2, 0.25) is 0 Å². The summed E-state index contributed by atoms with van der Waals surface area (Å²) in [5.41, 5.74) is 0.305. The molecule has 1 saturated carbocycles. The Hall–Kier alpha value is -1.82. The summed E-state index contributed by atoms with van der Waals surface area (Å²) in [6, 6.07) is 3.64. The van der Waals surface area contributed by atoms with Crippen molar-refractivity contribution in [3.05, 3.63) is 24.0 Å². The van der Waals surface area contributed by atoms with Crippen molar-refractivity contribution in [1.82, 2.24) is 5.32 Å². The van der Waals surface area contributed by atoms with Gasteiger partial charge in [0.25, 0.3) is 0 Å². The van der Waals surface area contributed by atoms with Crippen LogP contribution in [0.1, 0.15) is 39.5 Å². The highest BCUT2D eigenvalue weighted by atomic mass is 19.1. The predicted molar refractivity (Wildman–Crippen MR) is 87.2 cm³/mol. The normalized spacial score (nSPS) is 21.1. The summed E-state index contributed by atoms with van der Waals surface area (Å²) in [5.74, 6) is 0.278. The lowest BCUT2D eigenvalue weighted by molar-refractivity contribution is 0.101. The number of amides is 2. The number of aliphatic hydroxyl groups is 1. The van der Waals surface area contributed by atoms with E-state index in [1.54, 1.807) is 0 Å².